The number of nitrogens with one attached hydrogen (secondary N) is 1. The molecule has 0 spiro atoms. The third kappa shape index (κ3) is 3.02. The summed E-state index contributed by atoms with van der Waals surface area (Å²) in [6.45, 7) is 2.97. The van der Waals surface area contributed by atoms with Gasteiger partial charge in [-0.3, -0.25) is 4.98 Å². The normalized spacial score (nSPS) is 10.3. The zero-order valence-corrected chi connectivity index (χ0v) is 11.1. The van der Waals surface area contributed by atoms with Crippen LogP contribution in [0.5, 0.6) is 5.75 Å². The van der Waals surface area contributed by atoms with Crippen molar-refractivity contribution in [2.24, 2.45) is 0 Å². The van der Waals surface area contributed by atoms with Crippen LogP contribution in [0.3, 0.4) is 0 Å². The summed E-state index contributed by atoms with van der Waals surface area (Å²) in [6, 6.07) is 8.76. The fourth-order valence-electron chi connectivity index (χ4n) is 1.82. The van der Waals surface area contributed by atoms with Gasteiger partial charge in [0.2, 0.25) is 0 Å². The van der Waals surface area contributed by atoms with E-state index in [1.165, 1.54) is 7.11 Å². The van der Waals surface area contributed by atoms with Gasteiger partial charge in [0.1, 0.15) is 0 Å². The molecule has 2 rings (SSSR count). The number of methoxy groups -OCH3 is 1. The van der Waals surface area contributed by atoms with Crippen LogP contribution >= 0.6 is 0 Å². The summed E-state index contributed by atoms with van der Waals surface area (Å²) in [4.78, 5) is 4.22. The lowest BCUT2D eigenvalue weighted by atomic mass is 10.1. The number of pyridine rings is 1. The van der Waals surface area contributed by atoms with Crippen LogP contribution in [0, 0.1) is 5.82 Å². The first-order valence-electron chi connectivity index (χ1n) is 6.29. The van der Waals surface area contributed by atoms with Crippen LogP contribution in [0.1, 0.15) is 13.3 Å². The molecular weight excluding hydrogens is 243 g/mol. The molecule has 0 saturated carbocycles. The summed E-state index contributed by atoms with van der Waals surface area (Å²) < 4.78 is 19.1. The number of aromatic nitrogens is 1. The quantitative estimate of drug-likeness (QED) is 0.889. The van der Waals surface area contributed by atoms with Crippen molar-refractivity contribution in [3.05, 3.63) is 42.3 Å². The standard InChI is InChI=1S/C15H17FN2O/c1-3-8-17-11-7-9-18-13(10-11)12-5-4-6-14(19-2)15(12)16/h4-7,9-10H,3,8H2,1-2H3,(H,17,18). The number of ether oxygens (including phenoxy) is 1. The molecule has 1 N–H and O–H groups in total. The highest BCUT2D eigenvalue weighted by atomic mass is 19.1. The van der Waals surface area contributed by atoms with Gasteiger partial charge in [-0.1, -0.05) is 13.0 Å². The van der Waals surface area contributed by atoms with Crippen molar-refractivity contribution in [2.45, 2.75) is 13.3 Å². The number of halogens is 1. The van der Waals surface area contributed by atoms with Crippen LogP contribution in [0.15, 0.2) is 36.5 Å². The van der Waals surface area contributed by atoms with Gasteiger partial charge in [0.05, 0.1) is 12.8 Å². The summed E-state index contributed by atoms with van der Waals surface area (Å²) in [7, 11) is 1.45. The van der Waals surface area contributed by atoms with Gasteiger partial charge >= 0.3 is 0 Å². The van der Waals surface area contributed by atoms with Crippen molar-refractivity contribution in [2.75, 3.05) is 19.0 Å². The Morgan fingerprint density at radius 1 is 1.32 bits per heavy atom. The molecule has 1 heterocycles. The second-order valence-electron chi connectivity index (χ2n) is 4.18. The molecule has 0 bridgehead atoms. The predicted molar refractivity (Wildman–Crippen MR) is 75.0 cm³/mol. The first-order valence-corrected chi connectivity index (χ1v) is 6.29. The third-order valence-corrected chi connectivity index (χ3v) is 2.80. The molecule has 0 unspecified atom stereocenters. The van der Waals surface area contributed by atoms with Gasteiger partial charge < -0.3 is 10.1 Å². The second kappa shape index (κ2) is 6.18. The highest BCUT2D eigenvalue weighted by Gasteiger charge is 2.11. The highest BCUT2D eigenvalue weighted by Crippen LogP contribution is 2.28. The summed E-state index contributed by atoms with van der Waals surface area (Å²) >= 11 is 0. The maximum absolute atomic E-state index is 14.2. The Morgan fingerprint density at radius 3 is 2.89 bits per heavy atom. The van der Waals surface area contributed by atoms with Crippen molar-refractivity contribution in [1.29, 1.82) is 0 Å². The molecule has 0 amide bonds. The lowest BCUT2D eigenvalue weighted by molar-refractivity contribution is 0.387. The molecular formula is C15H17FN2O. The average Bonchev–Trinajstić information content (AvgIpc) is 2.45. The molecule has 19 heavy (non-hydrogen) atoms. The maximum Gasteiger partial charge on any atom is 0.174 e. The third-order valence-electron chi connectivity index (χ3n) is 2.80. The molecule has 0 saturated heterocycles. The largest absolute Gasteiger partial charge is 0.494 e. The Hall–Kier alpha value is -2.10. The van der Waals surface area contributed by atoms with Crippen molar-refractivity contribution >= 4 is 5.69 Å². The number of nitrogens with zero attached hydrogens (tertiary/aromatic N) is 1. The van der Waals surface area contributed by atoms with Gasteiger partial charge in [-0.05, 0) is 30.7 Å². The van der Waals surface area contributed by atoms with Crippen LogP contribution in [0.25, 0.3) is 11.3 Å². The Morgan fingerprint density at radius 2 is 2.16 bits per heavy atom. The van der Waals surface area contributed by atoms with E-state index in [9.17, 15) is 4.39 Å². The second-order valence-corrected chi connectivity index (χ2v) is 4.18. The van der Waals surface area contributed by atoms with E-state index in [0.29, 0.717) is 11.3 Å². The summed E-state index contributed by atoms with van der Waals surface area (Å²) in [5.74, 6) is -0.156. The lowest BCUT2D eigenvalue weighted by Crippen LogP contribution is -2.00. The smallest absolute Gasteiger partial charge is 0.174 e. The van der Waals surface area contributed by atoms with Gasteiger partial charge in [-0.15, -0.1) is 0 Å². The molecule has 2 aromatic rings. The minimum absolute atomic E-state index is 0.228. The topological polar surface area (TPSA) is 34.2 Å². The number of rotatable bonds is 5. The highest BCUT2D eigenvalue weighted by molar-refractivity contribution is 5.66. The van der Waals surface area contributed by atoms with Gasteiger partial charge in [-0.25, -0.2) is 4.39 Å². The minimum atomic E-state index is -0.384. The van der Waals surface area contributed by atoms with E-state index in [0.717, 1.165) is 18.7 Å². The van der Waals surface area contributed by atoms with E-state index < -0.39 is 0 Å². The molecule has 0 atom stereocenters. The number of hydrogen-bond donors (Lipinski definition) is 1. The van der Waals surface area contributed by atoms with E-state index in [1.807, 2.05) is 12.1 Å². The summed E-state index contributed by atoms with van der Waals surface area (Å²) in [5.41, 5.74) is 1.98. The minimum Gasteiger partial charge on any atom is -0.494 e. The first kappa shape index (κ1) is 13.3. The van der Waals surface area contributed by atoms with Crippen LogP contribution in [-0.4, -0.2) is 18.6 Å². The number of anilines is 1. The Labute approximate surface area is 112 Å². The molecule has 0 aliphatic rings. The van der Waals surface area contributed by atoms with E-state index in [4.69, 9.17) is 4.74 Å². The number of benzene rings is 1. The number of hydrogen-bond acceptors (Lipinski definition) is 3. The molecule has 3 nitrogen and oxygen atoms in total. The van der Waals surface area contributed by atoms with Crippen molar-refractivity contribution in [3.63, 3.8) is 0 Å². The monoisotopic (exact) mass is 260 g/mol. The SMILES string of the molecule is CCCNc1ccnc(-c2cccc(OC)c2F)c1. The van der Waals surface area contributed by atoms with E-state index >= 15 is 0 Å². The Balaban J connectivity index is 2.36. The van der Waals surface area contributed by atoms with Crippen molar-refractivity contribution in [1.82, 2.24) is 4.98 Å². The molecule has 0 fully saturated rings. The molecule has 1 aromatic carbocycles. The first-order chi connectivity index (χ1) is 9.26. The van der Waals surface area contributed by atoms with Crippen LogP contribution in [0.2, 0.25) is 0 Å². The van der Waals surface area contributed by atoms with Gasteiger partial charge in [0.25, 0.3) is 0 Å². The van der Waals surface area contributed by atoms with E-state index in [-0.39, 0.29) is 11.6 Å². The fourth-order valence-corrected chi connectivity index (χ4v) is 1.82. The van der Waals surface area contributed by atoms with Crippen LogP contribution in [-0.2, 0) is 0 Å². The van der Waals surface area contributed by atoms with E-state index in [1.54, 1.807) is 24.4 Å². The molecule has 1 aromatic heterocycles. The lowest BCUT2D eigenvalue weighted by Gasteiger charge is -2.09. The molecule has 0 radical (unpaired) electrons. The zero-order chi connectivity index (χ0) is 13.7. The van der Waals surface area contributed by atoms with Crippen molar-refractivity contribution < 1.29 is 9.13 Å². The van der Waals surface area contributed by atoms with Crippen LogP contribution in [0.4, 0.5) is 10.1 Å². The van der Waals surface area contributed by atoms with E-state index in [2.05, 4.69) is 17.2 Å². The molecule has 100 valence electrons. The van der Waals surface area contributed by atoms with Gasteiger partial charge in [0, 0.05) is 24.0 Å². The molecule has 4 heteroatoms. The van der Waals surface area contributed by atoms with Crippen LogP contribution < -0.4 is 10.1 Å². The predicted octanol–water partition coefficient (Wildman–Crippen LogP) is 3.72. The molecule has 0 aliphatic heterocycles. The maximum atomic E-state index is 14.2. The zero-order valence-electron chi connectivity index (χ0n) is 11.1. The van der Waals surface area contributed by atoms with Gasteiger partial charge in [-0.2, -0.15) is 0 Å². The van der Waals surface area contributed by atoms with Gasteiger partial charge in [0.15, 0.2) is 11.6 Å². The molecule has 0 aliphatic carbocycles. The Kier molecular flexibility index (Phi) is 4.34. The fraction of sp³-hybridized carbons (Fsp3) is 0.267. The summed E-state index contributed by atoms with van der Waals surface area (Å²) in [5, 5.41) is 3.26. The Bertz CT molecular complexity index is 558. The summed E-state index contributed by atoms with van der Waals surface area (Å²) in [6.07, 6.45) is 2.71. The average molecular weight is 260 g/mol. The van der Waals surface area contributed by atoms with Crippen molar-refractivity contribution in [3.8, 4) is 17.0 Å².